The smallest absolute Gasteiger partial charge is 0.219 e. The Bertz CT molecular complexity index is 311. The number of carbonyl (C=O) groups is 1. The maximum atomic E-state index is 12.5. The number of amides is 1. The summed E-state index contributed by atoms with van der Waals surface area (Å²) in [6, 6.07) is 5.81. The summed E-state index contributed by atoms with van der Waals surface area (Å²) in [5.74, 6) is 0.332. The minimum atomic E-state index is -0.285. The maximum Gasteiger partial charge on any atom is 0.219 e. The molecule has 1 amide bonds. The van der Waals surface area contributed by atoms with Gasteiger partial charge >= 0.3 is 0 Å². The molecule has 0 atom stereocenters. The van der Waals surface area contributed by atoms with Crippen molar-refractivity contribution in [1.82, 2.24) is 5.32 Å². The topological polar surface area (TPSA) is 38.3 Å². The monoisotopic (exact) mass is 211 g/mol. The van der Waals surface area contributed by atoms with E-state index in [9.17, 15) is 9.18 Å². The number of carbonyl (C=O) groups excluding carboxylic acids is 1. The van der Waals surface area contributed by atoms with Crippen molar-refractivity contribution in [3.8, 4) is 5.75 Å². The van der Waals surface area contributed by atoms with Crippen molar-refractivity contribution in [3.05, 3.63) is 30.1 Å². The van der Waals surface area contributed by atoms with Gasteiger partial charge < -0.3 is 10.1 Å². The number of ether oxygens (including phenoxy) is 1. The largest absolute Gasteiger partial charge is 0.494 e. The van der Waals surface area contributed by atoms with Crippen molar-refractivity contribution in [1.29, 1.82) is 0 Å². The van der Waals surface area contributed by atoms with Crippen molar-refractivity contribution >= 4 is 5.91 Å². The predicted octanol–water partition coefficient (Wildman–Crippen LogP) is 1.73. The van der Waals surface area contributed by atoms with Crippen LogP contribution in [0.3, 0.4) is 0 Å². The normalized spacial score (nSPS) is 9.73. The molecule has 1 aromatic rings. The second-order valence-electron chi connectivity index (χ2n) is 3.08. The lowest BCUT2D eigenvalue weighted by atomic mass is 10.3. The molecule has 1 aromatic carbocycles. The Morgan fingerprint density at radius 3 is 2.67 bits per heavy atom. The van der Waals surface area contributed by atoms with E-state index in [1.165, 1.54) is 12.1 Å². The molecule has 3 nitrogen and oxygen atoms in total. The molecule has 0 spiro atoms. The van der Waals surface area contributed by atoms with Crippen LogP contribution in [0.25, 0.3) is 0 Å². The van der Waals surface area contributed by atoms with E-state index in [1.54, 1.807) is 19.2 Å². The summed E-state index contributed by atoms with van der Waals surface area (Å²) < 4.78 is 17.8. The van der Waals surface area contributed by atoms with Gasteiger partial charge in [-0.25, -0.2) is 4.39 Å². The summed E-state index contributed by atoms with van der Waals surface area (Å²) in [6.07, 6.45) is 1.09. The van der Waals surface area contributed by atoms with Crippen LogP contribution in [0.15, 0.2) is 24.3 Å². The summed E-state index contributed by atoms with van der Waals surface area (Å²) in [6.45, 7) is 0.457. The van der Waals surface area contributed by atoms with E-state index >= 15 is 0 Å². The van der Waals surface area contributed by atoms with Gasteiger partial charge in [-0.3, -0.25) is 4.79 Å². The van der Waals surface area contributed by atoms with E-state index in [1.807, 2.05) is 0 Å². The molecule has 0 heterocycles. The lowest BCUT2D eigenvalue weighted by Gasteiger charge is -2.05. The molecule has 0 fully saturated rings. The zero-order chi connectivity index (χ0) is 11.1. The van der Waals surface area contributed by atoms with E-state index in [-0.39, 0.29) is 11.7 Å². The zero-order valence-corrected chi connectivity index (χ0v) is 8.63. The Labute approximate surface area is 88.2 Å². The lowest BCUT2D eigenvalue weighted by molar-refractivity contribution is -0.120. The molecule has 1 N–H and O–H groups in total. The van der Waals surface area contributed by atoms with Gasteiger partial charge in [0.25, 0.3) is 0 Å². The summed E-state index contributed by atoms with van der Waals surface area (Å²) in [5, 5.41) is 2.53. The van der Waals surface area contributed by atoms with Gasteiger partial charge in [-0.2, -0.15) is 0 Å². The first-order valence-corrected chi connectivity index (χ1v) is 4.81. The number of halogens is 1. The van der Waals surface area contributed by atoms with E-state index in [2.05, 4.69) is 5.32 Å². The molecule has 0 saturated heterocycles. The van der Waals surface area contributed by atoms with E-state index < -0.39 is 0 Å². The number of rotatable bonds is 5. The molecule has 0 aliphatic rings. The van der Waals surface area contributed by atoms with Gasteiger partial charge in [0.2, 0.25) is 5.91 Å². The quantitative estimate of drug-likeness (QED) is 0.753. The Morgan fingerprint density at radius 1 is 1.40 bits per heavy atom. The Morgan fingerprint density at radius 2 is 2.07 bits per heavy atom. The van der Waals surface area contributed by atoms with Gasteiger partial charge in [-0.15, -0.1) is 0 Å². The highest BCUT2D eigenvalue weighted by molar-refractivity contribution is 5.75. The second kappa shape index (κ2) is 6.01. The highest BCUT2D eigenvalue weighted by Crippen LogP contribution is 2.11. The van der Waals surface area contributed by atoms with Crippen LogP contribution in [0.4, 0.5) is 4.39 Å². The molecule has 15 heavy (non-hydrogen) atoms. The average molecular weight is 211 g/mol. The molecular formula is C11H14FNO2. The second-order valence-corrected chi connectivity index (χ2v) is 3.08. The fraction of sp³-hybridized carbons (Fsp3) is 0.364. The van der Waals surface area contributed by atoms with Crippen LogP contribution < -0.4 is 10.1 Å². The Balaban J connectivity index is 2.20. The van der Waals surface area contributed by atoms with Gasteiger partial charge in [-0.1, -0.05) is 0 Å². The predicted molar refractivity (Wildman–Crippen MR) is 55.2 cm³/mol. The van der Waals surface area contributed by atoms with Gasteiger partial charge in [-0.05, 0) is 30.7 Å². The first-order chi connectivity index (χ1) is 7.22. The lowest BCUT2D eigenvalue weighted by Crippen LogP contribution is -2.18. The molecule has 0 radical (unpaired) electrons. The van der Waals surface area contributed by atoms with Gasteiger partial charge in [0.1, 0.15) is 11.6 Å². The minimum Gasteiger partial charge on any atom is -0.494 e. The molecule has 0 unspecified atom stereocenters. The molecule has 1 rings (SSSR count). The molecule has 0 bridgehead atoms. The Kier molecular flexibility index (Phi) is 4.60. The molecule has 4 heteroatoms. The number of benzene rings is 1. The fourth-order valence-electron chi connectivity index (χ4n) is 1.08. The third-order valence-corrected chi connectivity index (χ3v) is 1.91. The van der Waals surface area contributed by atoms with Crippen LogP contribution in [-0.4, -0.2) is 19.6 Å². The molecular weight excluding hydrogens is 197 g/mol. The summed E-state index contributed by atoms with van der Waals surface area (Å²) in [4.78, 5) is 10.9. The molecule has 0 aromatic heterocycles. The maximum absolute atomic E-state index is 12.5. The average Bonchev–Trinajstić information content (AvgIpc) is 2.26. The zero-order valence-electron chi connectivity index (χ0n) is 8.63. The molecule has 0 aliphatic heterocycles. The van der Waals surface area contributed by atoms with Crippen molar-refractivity contribution in [2.75, 3.05) is 13.7 Å². The van der Waals surface area contributed by atoms with E-state index in [4.69, 9.17) is 4.74 Å². The first kappa shape index (κ1) is 11.5. The first-order valence-electron chi connectivity index (χ1n) is 4.81. The van der Waals surface area contributed by atoms with E-state index in [0.29, 0.717) is 25.2 Å². The van der Waals surface area contributed by atoms with E-state index in [0.717, 1.165) is 0 Å². The van der Waals surface area contributed by atoms with Crippen molar-refractivity contribution in [3.63, 3.8) is 0 Å². The molecule has 0 aliphatic carbocycles. The van der Waals surface area contributed by atoms with Gasteiger partial charge in [0.15, 0.2) is 0 Å². The fourth-order valence-corrected chi connectivity index (χ4v) is 1.08. The number of hydrogen-bond acceptors (Lipinski definition) is 2. The van der Waals surface area contributed by atoms with Crippen LogP contribution in [-0.2, 0) is 4.79 Å². The summed E-state index contributed by atoms with van der Waals surface area (Å²) in [7, 11) is 1.60. The molecule has 0 saturated carbocycles. The van der Waals surface area contributed by atoms with Crippen LogP contribution in [0.2, 0.25) is 0 Å². The van der Waals surface area contributed by atoms with Crippen molar-refractivity contribution < 1.29 is 13.9 Å². The summed E-state index contributed by atoms with van der Waals surface area (Å²) >= 11 is 0. The third kappa shape index (κ3) is 4.44. The molecule has 82 valence electrons. The van der Waals surface area contributed by atoms with Crippen molar-refractivity contribution in [2.24, 2.45) is 0 Å². The number of hydrogen-bond donors (Lipinski definition) is 1. The summed E-state index contributed by atoms with van der Waals surface area (Å²) in [5.41, 5.74) is 0. The highest BCUT2D eigenvalue weighted by Gasteiger charge is 1.98. The van der Waals surface area contributed by atoms with Crippen LogP contribution >= 0.6 is 0 Å². The Hall–Kier alpha value is -1.58. The standard InChI is InChI=1S/C11H14FNO2/c1-13-11(14)3-2-8-15-10-6-4-9(12)5-7-10/h4-7H,2-3,8H2,1H3,(H,13,14). The van der Waals surface area contributed by atoms with Gasteiger partial charge in [0.05, 0.1) is 6.61 Å². The highest BCUT2D eigenvalue weighted by atomic mass is 19.1. The van der Waals surface area contributed by atoms with Crippen LogP contribution in [0, 0.1) is 5.82 Å². The van der Waals surface area contributed by atoms with Crippen molar-refractivity contribution in [2.45, 2.75) is 12.8 Å². The van der Waals surface area contributed by atoms with Crippen LogP contribution in [0.5, 0.6) is 5.75 Å². The SMILES string of the molecule is CNC(=O)CCCOc1ccc(F)cc1. The minimum absolute atomic E-state index is 0.00212. The third-order valence-electron chi connectivity index (χ3n) is 1.91. The van der Waals surface area contributed by atoms with Gasteiger partial charge in [0, 0.05) is 13.5 Å². The van der Waals surface area contributed by atoms with Crippen LogP contribution in [0.1, 0.15) is 12.8 Å². The number of nitrogens with one attached hydrogen (secondary N) is 1.